The molecule has 1 aromatic carbocycles. The van der Waals surface area contributed by atoms with Crippen LogP contribution in [-0.4, -0.2) is 24.1 Å². The third kappa shape index (κ3) is 4.72. The highest BCUT2D eigenvalue weighted by Gasteiger charge is 2.14. The van der Waals surface area contributed by atoms with E-state index in [4.69, 9.17) is 5.73 Å². The fourth-order valence-corrected chi connectivity index (χ4v) is 3.44. The Labute approximate surface area is 124 Å². The number of anilines is 1. The molecule has 0 aromatic heterocycles. The van der Waals surface area contributed by atoms with Gasteiger partial charge in [0.15, 0.2) is 0 Å². The molecule has 4 nitrogen and oxygen atoms in total. The van der Waals surface area contributed by atoms with Crippen LogP contribution in [0.3, 0.4) is 0 Å². The van der Waals surface area contributed by atoms with Gasteiger partial charge in [-0.25, -0.2) is 4.79 Å². The Kier molecular flexibility index (Phi) is 5.73. The highest BCUT2D eigenvalue weighted by atomic mass is 32.2. The Morgan fingerprint density at radius 3 is 2.60 bits per heavy atom. The Bertz CT molecular complexity index is 427. The third-order valence-electron chi connectivity index (χ3n) is 3.59. The molecule has 0 radical (unpaired) electrons. The minimum Gasteiger partial charge on any atom is -0.338 e. The average Bonchev–Trinajstić information content (AvgIpc) is 2.47. The molecule has 1 saturated heterocycles. The number of rotatable bonds is 4. The molecule has 0 aliphatic carbocycles. The summed E-state index contributed by atoms with van der Waals surface area (Å²) in [5.74, 6) is 3.06. The summed E-state index contributed by atoms with van der Waals surface area (Å²) in [6, 6.07) is 7.54. The summed E-state index contributed by atoms with van der Waals surface area (Å²) in [6.07, 6.45) is 2.40. The first-order chi connectivity index (χ1) is 9.65. The molecule has 1 fully saturated rings. The second-order valence-corrected chi connectivity index (χ2v) is 6.53. The van der Waals surface area contributed by atoms with Crippen molar-refractivity contribution in [2.24, 2.45) is 11.7 Å². The van der Waals surface area contributed by atoms with Crippen LogP contribution in [0.1, 0.15) is 31.4 Å². The van der Waals surface area contributed by atoms with Gasteiger partial charge >= 0.3 is 6.03 Å². The summed E-state index contributed by atoms with van der Waals surface area (Å²) in [4.78, 5) is 11.8. The predicted molar refractivity (Wildman–Crippen MR) is 86.1 cm³/mol. The lowest BCUT2D eigenvalue weighted by Gasteiger charge is -2.21. The fourth-order valence-electron chi connectivity index (χ4n) is 2.23. The van der Waals surface area contributed by atoms with Gasteiger partial charge < -0.3 is 16.4 Å². The van der Waals surface area contributed by atoms with Gasteiger partial charge in [0.05, 0.1) is 0 Å². The smallest absolute Gasteiger partial charge is 0.319 e. The largest absolute Gasteiger partial charge is 0.338 e. The number of hydrogen-bond acceptors (Lipinski definition) is 3. The van der Waals surface area contributed by atoms with Gasteiger partial charge in [0.25, 0.3) is 0 Å². The first-order valence-corrected chi connectivity index (χ1v) is 8.29. The molecular weight excluding hydrogens is 270 g/mol. The van der Waals surface area contributed by atoms with Crippen molar-refractivity contribution in [2.45, 2.75) is 25.8 Å². The minimum atomic E-state index is -0.128. The molecule has 0 bridgehead atoms. The summed E-state index contributed by atoms with van der Waals surface area (Å²) >= 11 is 2.00. The molecule has 1 aromatic rings. The minimum absolute atomic E-state index is 0.0158. The third-order valence-corrected chi connectivity index (χ3v) is 4.64. The van der Waals surface area contributed by atoms with Crippen LogP contribution < -0.4 is 16.4 Å². The van der Waals surface area contributed by atoms with Crippen LogP contribution in [0.2, 0.25) is 0 Å². The Morgan fingerprint density at radius 1 is 1.35 bits per heavy atom. The number of benzene rings is 1. The number of thioether (sulfide) groups is 1. The number of amides is 2. The summed E-state index contributed by atoms with van der Waals surface area (Å²) < 4.78 is 0. The van der Waals surface area contributed by atoms with E-state index in [1.54, 1.807) is 0 Å². The van der Waals surface area contributed by atoms with Crippen LogP contribution in [0.4, 0.5) is 10.5 Å². The first kappa shape index (κ1) is 15.2. The zero-order valence-corrected chi connectivity index (χ0v) is 12.7. The molecular formula is C15H23N3OS. The molecule has 4 N–H and O–H groups in total. The van der Waals surface area contributed by atoms with Gasteiger partial charge in [-0.05, 0) is 54.9 Å². The van der Waals surface area contributed by atoms with Crippen molar-refractivity contribution in [1.82, 2.24) is 5.32 Å². The van der Waals surface area contributed by atoms with E-state index in [0.29, 0.717) is 5.92 Å². The maximum Gasteiger partial charge on any atom is 0.319 e. The maximum absolute atomic E-state index is 11.8. The highest BCUT2D eigenvalue weighted by molar-refractivity contribution is 7.99. The van der Waals surface area contributed by atoms with E-state index in [9.17, 15) is 4.79 Å². The second kappa shape index (κ2) is 7.55. The summed E-state index contributed by atoms with van der Waals surface area (Å²) in [5, 5.41) is 5.81. The van der Waals surface area contributed by atoms with Gasteiger partial charge in [-0.2, -0.15) is 11.8 Å². The van der Waals surface area contributed by atoms with E-state index in [2.05, 4.69) is 10.6 Å². The normalized spacial score (nSPS) is 17.5. The molecule has 1 unspecified atom stereocenters. The second-order valence-electron chi connectivity index (χ2n) is 5.30. The topological polar surface area (TPSA) is 67.1 Å². The molecule has 0 spiro atoms. The van der Waals surface area contributed by atoms with Crippen molar-refractivity contribution in [1.29, 1.82) is 0 Å². The zero-order chi connectivity index (χ0) is 14.4. The van der Waals surface area contributed by atoms with Gasteiger partial charge in [0.2, 0.25) is 0 Å². The Morgan fingerprint density at radius 2 is 2.00 bits per heavy atom. The molecule has 1 aliphatic heterocycles. The zero-order valence-electron chi connectivity index (χ0n) is 11.9. The number of urea groups is 1. The SMILES string of the molecule is CC(N)c1ccc(NC(=O)NCC2CCSCC2)cc1. The fraction of sp³-hybridized carbons (Fsp3) is 0.533. The van der Waals surface area contributed by atoms with Gasteiger partial charge in [0.1, 0.15) is 0 Å². The van der Waals surface area contributed by atoms with E-state index in [0.717, 1.165) is 17.8 Å². The van der Waals surface area contributed by atoms with E-state index in [-0.39, 0.29) is 12.1 Å². The quantitative estimate of drug-likeness (QED) is 0.799. The molecule has 110 valence electrons. The number of nitrogens with one attached hydrogen (secondary N) is 2. The van der Waals surface area contributed by atoms with Crippen LogP contribution in [0.15, 0.2) is 24.3 Å². The molecule has 20 heavy (non-hydrogen) atoms. The van der Waals surface area contributed by atoms with Crippen molar-refractivity contribution in [3.05, 3.63) is 29.8 Å². The van der Waals surface area contributed by atoms with Crippen LogP contribution >= 0.6 is 11.8 Å². The molecule has 0 saturated carbocycles. The highest BCUT2D eigenvalue weighted by Crippen LogP contribution is 2.21. The summed E-state index contributed by atoms with van der Waals surface area (Å²) in [6.45, 7) is 2.71. The van der Waals surface area contributed by atoms with Crippen LogP contribution in [0.25, 0.3) is 0 Å². The predicted octanol–water partition coefficient (Wildman–Crippen LogP) is 2.97. The number of hydrogen-bond donors (Lipinski definition) is 3. The van der Waals surface area contributed by atoms with Crippen molar-refractivity contribution in [3.63, 3.8) is 0 Å². The van der Waals surface area contributed by atoms with Gasteiger partial charge in [-0.15, -0.1) is 0 Å². The lowest BCUT2D eigenvalue weighted by Crippen LogP contribution is -2.34. The first-order valence-electron chi connectivity index (χ1n) is 7.13. The average molecular weight is 293 g/mol. The number of carbonyl (C=O) groups excluding carboxylic acids is 1. The molecule has 5 heteroatoms. The van der Waals surface area contributed by atoms with Crippen LogP contribution in [0, 0.1) is 5.92 Å². The molecule has 2 rings (SSSR count). The van der Waals surface area contributed by atoms with Gasteiger partial charge in [0, 0.05) is 18.3 Å². The maximum atomic E-state index is 11.8. The van der Waals surface area contributed by atoms with Crippen molar-refractivity contribution in [3.8, 4) is 0 Å². The molecule has 1 aliphatic rings. The molecule has 1 heterocycles. The van der Waals surface area contributed by atoms with Gasteiger partial charge in [-0.1, -0.05) is 12.1 Å². The van der Waals surface area contributed by atoms with E-state index in [1.165, 1.54) is 24.3 Å². The van der Waals surface area contributed by atoms with E-state index in [1.807, 2.05) is 43.0 Å². The van der Waals surface area contributed by atoms with Crippen molar-refractivity contribution in [2.75, 3.05) is 23.4 Å². The van der Waals surface area contributed by atoms with Crippen LogP contribution in [0.5, 0.6) is 0 Å². The lowest BCUT2D eigenvalue weighted by molar-refractivity contribution is 0.249. The Hall–Kier alpha value is -1.20. The summed E-state index contributed by atoms with van der Waals surface area (Å²) in [7, 11) is 0. The lowest BCUT2D eigenvalue weighted by atomic mass is 10.0. The molecule has 2 amide bonds. The Balaban J connectivity index is 1.75. The molecule has 1 atom stereocenters. The standard InChI is InChI=1S/C15H23N3OS/c1-11(16)13-2-4-14(5-3-13)18-15(19)17-10-12-6-8-20-9-7-12/h2-5,11-12H,6-10,16H2,1H3,(H2,17,18,19). The number of carbonyl (C=O) groups is 1. The van der Waals surface area contributed by atoms with Crippen molar-refractivity contribution < 1.29 is 4.79 Å². The van der Waals surface area contributed by atoms with E-state index >= 15 is 0 Å². The van der Waals surface area contributed by atoms with E-state index < -0.39 is 0 Å². The number of nitrogens with two attached hydrogens (primary N) is 1. The monoisotopic (exact) mass is 293 g/mol. The van der Waals surface area contributed by atoms with Crippen LogP contribution in [-0.2, 0) is 0 Å². The van der Waals surface area contributed by atoms with Crippen molar-refractivity contribution >= 4 is 23.5 Å². The van der Waals surface area contributed by atoms with Gasteiger partial charge in [-0.3, -0.25) is 0 Å². The summed E-state index contributed by atoms with van der Waals surface area (Å²) in [5.41, 5.74) is 7.66.